The van der Waals surface area contributed by atoms with Crippen molar-refractivity contribution in [3.8, 4) is 0 Å². The van der Waals surface area contributed by atoms with Gasteiger partial charge in [0.25, 0.3) is 5.91 Å². The molecule has 0 saturated carbocycles. The van der Waals surface area contributed by atoms with E-state index < -0.39 is 11.7 Å². The molecule has 1 aromatic carbocycles. The standard InChI is InChI=1S/C13H14FNO3/c1-7(6-16)15-13(17)11-8(2)9-4-3-5-10(14)12(9)18-11/h3-5,7,16H,6H2,1-2H3,(H,15,17). The molecule has 0 radical (unpaired) electrons. The zero-order valence-electron chi connectivity index (χ0n) is 10.2. The molecule has 1 heterocycles. The SMILES string of the molecule is Cc1c(C(=O)NC(C)CO)oc2c(F)cccc12. The molecule has 96 valence electrons. The number of hydrogen-bond acceptors (Lipinski definition) is 3. The minimum absolute atomic E-state index is 0.0791. The Hall–Kier alpha value is -1.88. The molecule has 1 unspecified atom stereocenters. The van der Waals surface area contributed by atoms with Crippen molar-refractivity contribution in [2.45, 2.75) is 19.9 Å². The Morgan fingerprint density at radius 2 is 2.28 bits per heavy atom. The van der Waals surface area contributed by atoms with Gasteiger partial charge in [0, 0.05) is 17.0 Å². The monoisotopic (exact) mass is 251 g/mol. The van der Waals surface area contributed by atoms with Crippen LogP contribution in [-0.4, -0.2) is 23.7 Å². The highest BCUT2D eigenvalue weighted by molar-refractivity contribution is 5.99. The Labute approximate surface area is 103 Å². The lowest BCUT2D eigenvalue weighted by atomic mass is 10.1. The summed E-state index contributed by atoms with van der Waals surface area (Å²) in [6.45, 7) is 3.19. The number of nitrogens with one attached hydrogen (secondary N) is 1. The maximum atomic E-state index is 13.5. The van der Waals surface area contributed by atoms with Gasteiger partial charge in [-0.25, -0.2) is 4.39 Å². The van der Waals surface area contributed by atoms with E-state index in [1.807, 2.05) is 0 Å². The smallest absolute Gasteiger partial charge is 0.287 e. The zero-order chi connectivity index (χ0) is 13.3. The molecule has 18 heavy (non-hydrogen) atoms. The summed E-state index contributed by atoms with van der Waals surface area (Å²) >= 11 is 0. The van der Waals surface area contributed by atoms with Crippen molar-refractivity contribution >= 4 is 16.9 Å². The molecule has 1 amide bonds. The fourth-order valence-corrected chi connectivity index (χ4v) is 1.76. The Balaban J connectivity index is 2.43. The number of para-hydroxylation sites is 1. The quantitative estimate of drug-likeness (QED) is 0.876. The van der Waals surface area contributed by atoms with E-state index in [4.69, 9.17) is 9.52 Å². The molecule has 0 bridgehead atoms. The number of halogens is 1. The van der Waals surface area contributed by atoms with Gasteiger partial charge in [0.05, 0.1) is 6.61 Å². The molecular formula is C13H14FNO3. The predicted molar refractivity (Wildman–Crippen MR) is 64.9 cm³/mol. The molecule has 1 atom stereocenters. The van der Waals surface area contributed by atoms with Crippen molar-refractivity contribution in [3.05, 3.63) is 35.3 Å². The number of benzene rings is 1. The summed E-state index contributed by atoms with van der Waals surface area (Å²) in [6.07, 6.45) is 0. The molecule has 0 aliphatic rings. The highest BCUT2D eigenvalue weighted by atomic mass is 19.1. The molecule has 0 spiro atoms. The molecule has 0 fully saturated rings. The summed E-state index contributed by atoms with van der Waals surface area (Å²) in [5.41, 5.74) is 0.670. The number of furan rings is 1. The molecule has 0 aliphatic carbocycles. The van der Waals surface area contributed by atoms with E-state index in [2.05, 4.69) is 5.32 Å². The van der Waals surface area contributed by atoms with Crippen LogP contribution in [0.25, 0.3) is 11.0 Å². The van der Waals surface area contributed by atoms with Gasteiger partial charge in [-0.3, -0.25) is 4.79 Å². The van der Waals surface area contributed by atoms with E-state index in [9.17, 15) is 9.18 Å². The molecule has 2 N–H and O–H groups in total. The Bertz CT molecular complexity index is 591. The zero-order valence-corrected chi connectivity index (χ0v) is 10.2. The first-order valence-corrected chi connectivity index (χ1v) is 5.64. The van der Waals surface area contributed by atoms with Crippen molar-refractivity contribution in [3.63, 3.8) is 0 Å². The average Bonchev–Trinajstić information content (AvgIpc) is 2.69. The predicted octanol–water partition coefficient (Wildman–Crippen LogP) is 1.99. The molecular weight excluding hydrogens is 237 g/mol. The van der Waals surface area contributed by atoms with Crippen LogP contribution in [-0.2, 0) is 0 Å². The van der Waals surface area contributed by atoms with Gasteiger partial charge >= 0.3 is 0 Å². The van der Waals surface area contributed by atoms with Crippen LogP contribution in [0.15, 0.2) is 22.6 Å². The second kappa shape index (κ2) is 4.78. The number of aliphatic hydroxyl groups is 1. The summed E-state index contributed by atoms with van der Waals surface area (Å²) < 4.78 is 18.8. The van der Waals surface area contributed by atoms with Gasteiger partial charge in [0.1, 0.15) is 0 Å². The first-order valence-electron chi connectivity index (χ1n) is 5.64. The molecule has 1 aromatic heterocycles. The minimum Gasteiger partial charge on any atom is -0.448 e. The summed E-state index contributed by atoms with van der Waals surface area (Å²) in [6, 6.07) is 4.17. The fraction of sp³-hybridized carbons (Fsp3) is 0.308. The Morgan fingerprint density at radius 1 is 1.56 bits per heavy atom. The number of fused-ring (bicyclic) bond motifs is 1. The minimum atomic E-state index is -0.496. The third-order valence-corrected chi connectivity index (χ3v) is 2.77. The molecule has 2 rings (SSSR count). The van der Waals surface area contributed by atoms with Crippen molar-refractivity contribution in [1.29, 1.82) is 0 Å². The summed E-state index contributed by atoms with van der Waals surface area (Å²) in [5, 5.41) is 12.0. The van der Waals surface area contributed by atoms with Crippen LogP contribution in [0.1, 0.15) is 23.0 Å². The van der Waals surface area contributed by atoms with Crippen LogP contribution >= 0.6 is 0 Å². The second-order valence-electron chi connectivity index (χ2n) is 4.23. The highest BCUT2D eigenvalue weighted by Crippen LogP contribution is 2.27. The van der Waals surface area contributed by atoms with Gasteiger partial charge in [0.15, 0.2) is 17.2 Å². The van der Waals surface area contributed by atoms with Crippen LogP contribution < -0.4 is 5.32 Å². The fourth-order valence-electron chi connectivity index (χ4n) is 1.76. The van der Waals surface area contributed by atoms with Crippen LogP contribution in [0.4, 0.5) is 4.39 Å². The van der Waals surface area contributed by atoms with Crippen molar-refractivity contribution in [2.24, 2.45) is 0 Å². The van der Waals surface area contributed by atoms with Gasteiger partial charge in [0.2, 0.25) is 0 Å². The number of hydrogen-bond donors (Lipinski definition) is 2. The molecule has 0 saturated heterocycles. The summed E-state index contributed by atoms with van der Waals surface area (Å²) in [5.74, 6) is -0.870. The maximum absolute atomic E-state index is 13.5. The Kier molecular flexibility index (Phi) is 3.34. The molecule has 5 heteroatoms. The Morgan fingerprint density at radius 3 is 2.89 bits per heavy atom. The van der Waals surface area contributed by atoms with E-state index in [0.717, 1.165) is 0 Å². The number of rotatable bonds is 3. The number of aliphatic hydroxyl groups excluding tert-OH is 1. The van der Waals surface area contributed by atoms with Crippen molar-refractivity contribution in [1.82, 2.24) is 5.32 Å². The van der Waals surface area contributed by atoms with E-state index in [-0.39, 0.29) is 24.0 Å². The maximum Gasteiger partial charge on any atom is 0.287 e. The van der Waals surface area contributed by atoms with Crippen LogP contribution in [0.2, 0.25) is 0 Å². The first kappa shape index (κ1) is 12.6. The topological polar surface area (TPSA) is 62.5 Å². The van der Waals surface area contributed by atoms with Gasteiger partial charge in [-0.05, 0) is 19.9 Å². The lowest BCUT2D eigenvalue weighted by Gasteiger charge is -2.09. The lowest BCUT2D eigenvalue weighted by Crippen LogP contribution is -2.35. The molecule has 4 nitrogen and oxygen atoms in total. The van der Waals surface area contributed by atoms with Crippen molar-refractivity contribution < 1.29 is 18.7 Å². The van der Waals surface area contributed by atoms with E-state index in [1.165, 1.54) is 6.07 Å². The summed E-state index contributed by atoms with van der Waals surface area (Å²) in [4.78, 5) is 11.9. The average molecular weight is 251 g/mol. The summed E-state index contributed by atoms with van der Waals surface area (Å²) in [7, 11) is 0. The third-order valence-electron chi connectivity index (χ3n) is 2.77. The second-order valence-corrected chi connectivity index (χ2v) is 4.23. The van der Waals surface area contributed by atoms with Gasteiger partial charge in [-0.1, -0.05) is 12.1 Å². The third kappa shape index (κ3) is 2.09. The van der Waals surface area contributed by atoms with Crippen molar-refractivity contribution in [2.75, 3.05) is 6.61 Å². The van der Waals surface area contributed by atoms with Gasteiger partial charge in [-0.2, -0.15) is 0 Å². The first-order chi connectivity index (χ1) is 8.54. The largest absolute Gasteiger partial charge is 0.448 e. The molecule has 0 aliphatic heterocycles. The van der Waals surface area contributed by atoms with E-state index in [0.29, 0.717) is 10.9 Å². The van der Waals surface area contributed by atoms with Crippen LogP contribution in [0, 0.1) is 12.7 Å². The number of amides is 1. The van der Waals surface area contributed by atoms with E-state index in [1.54, 1.807) is 26.0 Å². The normalized spacial score (nSPS) is 12.7. The number of aryl methyl sites for hydroxylation is 1. The van der Waals surface area contributed by atoms with Crippen LogP contribution in [0.3, 0.4) is 0 Å². The number of carbonyl (C=O) groups excluding carboxylic acids is 1. The van der Waals surface area contributed by atoms with Gasteiger partial charge in [-0.15, -0.1) is 0 Å². The highest BCUT2D eigenvalue weighted by Gasteiger charge is 2.20. The van der Waals surface area contributed by atoms with E-state index >= 15 is 0 Å². The lowest BCUT2D eigenvalue weighted by molar-refractivity contribution is 0.0895. The van der Waals surface area contributed by atoms with Crippen LogP contribution in [0.5, 0.6) is 0 Å². The number of carbonyl (C=O) groups is 1. The molecule has 2 aromatic rings. The van der Waals surface area contributed by atoms with Gasteiger partial charge < -0.3 is 14.8 Å².